The molecule has 0 saturated heterocycles. The second-order valence-corrected chi connectivity index (χ2v) is 6.68. The van der Waals surface area contributed by atoms with Gasteiger partial charge in [0.1, 0.15) is 11.4 Å². The fourth-order valence-corrected chi connectivity index (χ4v) is 2.26. The molecule has 132 valence electrons. The Labute approximate surface area is 140 Å². The van der Waals surface area contributed by atoms with Crippen molar-refractivity contribution in [3.05, 3.63) is 17.0 Å². The summed E-state index contributed by atoms with van der Waals surface area (Å²) < 4.78 is 10.3. The first-order valence-electron chi connectivity index (χ1n) is 7.83. The Morgan fingerprint density at radius 3 is 2.62 bits per heavy atom. The number of carbonyl (C=O) groups excluding carboxylic acids is 2. The van der Waals surface area contributed by atoms with E-state index >= 15 is 0 Å². The number of oxime groups is 1. The second-order valence-electron chi connectivity index (χ2n) is 6.68. The molecule has 1 aromatic heterocycles. The lowest BCUT2D eigenvalue weighted by Gasteiger charge is -2.18. The normalized spacial score (nSPS) is 17.2. The highest BCUT2D eigenvalue weighted by molar-refractivity contribution is 6.37. The molecule has 0 unspecified atom stereocenters. The molecule has 0 aromatic carbocycles. The minimum absolute atomic E-state index is 0.103. The zero-order valence-corrected chi connectivity index (χ0v) is 14.6. The van der Waals surface area contributed by atoms with Gasteiger partial charge in [-0.3, -0.25) is 4.79 Å². The molecular formula is C16H23N3O5. The van der Waals surface area contributed by atoms with E-state index in [1.54, 1.807) is 20.8 Å². The van der Waals surface area contributed by atoms with E-state index in [9.17, 15) is 9.59 Å². The van der Waals surface area contributed by atoms with Gasteiger partial charge in [0.25, 0.3) is 5.91 Å². The third kappa shape index (κ3) is 4.56. The van der Waals surface area contributed by atoms with Crippen molar-refractivity contribution >= 4 is 17.6 Å². The first kappa shape index (κ1) is 18.0. The van der Waals surface area contributed by atoms with Crippen molar-refractivity contribution in [3.63, 3.8) is 0 Å². The molecule has 0 radical (unpaired) electrons. The van der Waals surface area contributed by atoms with Crippen molar-refractivity contribution in [1.82, 2.24) is 10.5 Å². The van der Waals surface area contributed by atoms with Crippen LogP contribution in [0.25, 0.3) is 0 Å². The van der Waals surface area contributed by atoms with Gasteiger partial charge in [0.15, 0.2) is 5.71 Å². The number of nitrogens with one attached hydrogen (secondary N) is 1. The summed E-state index contributed by atoms with van der Waals surface area (Å²) in [5.74, 6) is -0.132. The quantitative estimate of drug-likeness (QED) is 0.816. The van der Waals surface area contributed by atoms with Gasteiger partial charge in [-0.1, -0.05) is 10.3 Å². The van der Waals surface area contributed by atoms with Gasteiger partial charge in [-0.15, -0.1) is 0 Å². The van der Waals surface area contributed by atoms with Crippen molar-refractivity contribution in [2.75, 3.05) is 6.54 Å². The molecule has 0 fully saturated rings. The number of rotatable bonds is 5. The van der Waals surface area contributed by atoms with Gasteiger partial charge in [-0.25, -0.2) is 4.79 Å². The van der Waals surface area contributed by atoms with Gasteiger partial charge in [-0.05, 0) is 41.0 Å². The first-order chi connectivity index (χ1) is 11.2. The van der Waals surface area contributed by atoms with Gasteiger partial charge >= 0.3 is 5.97 Å². The van der Waals surface area contributed by atoms with Crippen LogP contribution in [0.5, 0.6) is 0 Å². The van der Waals surface area contributed by atoms with E-state index in [1.807, 2.05) is 13.8 Å². The van der Waals surface area contributed by atoms with E-state index < -0.39 is 17.7 Å². The monoisotopic (exact) mass is 337 g/mol. The van der Waals surface area contributed by atoms with Crippen molar-refractivity contribution in [2.24, 2.45) is 5.16 Å². The molecule has 1 aliphatic heterocycles. The minimum atomic E-state index is -0.808. The van der Waals surface area contributed by atoms with Crippen LogP contribution in [0.3, 0.4) is 0 Å². The van der Waals surface area contributed by atoms with Gasteiger partial charge in [-0.2, -0.15) is 0 Å². The smallest absolute Gasteiger partial charge is 0.356 e. The third-order valence-electron chi connectivity index (χ3n) is 3.45. The summed E-state index contributed by atoms with van der Waals surface area (Å²) in [5, 5.41) is 10.3. The van der Waals surface area contributed by atoms with Crippen LogP contribution in [-0.4, -0.2) is 41.0 Å². The third-order valence-corrected chi connectivity index (χ3v) is 3.45. The summed E-state index contributed by atoms with van der Waals surface area (Å²) in [6.45, 7) is 9.40. The maximum Gasteiger partial charge on any atom is 0.356 e. The molecule has 1 atom stereocenters. The number of amides is 1. The van der Waals surface area contributed by atoms with Crippen molar-refractivity contribution in [3.8, 4) is 0 Å². The highest BCUT2D eigenvalue weighted by atomic mass is 16.7. The van der Waals surface area contributed by atoms with Gasteiger partial charge < -0.3 is 19.4 Å². The number of esters is 1. The SMILES string of the molecule is Cc1noc(C)c1CCNC(=O)[C@@H]1CC(C(=O)OC(C)(C)C)=NO1. The van der Waals surface area contributed by atoms with Crippen LogP contribution in [-0.2, 0) is 25.6 Å². The van der Waals surface area contributed by atoms with E-state index in [0.717, 1.165) is 17.0 Å². The van der Waals surface area contributed by atoms with Crippen LogP contribution in [0.4, 0.5) is 0 Å². The fraction of sp³-hybridized carbons (Fsp3) is 0.625. The van der Waals surface area contributed by atoms with Crippen LogP contribution < -0.4 is 5.32 Å². The number of ether oxygens (including phenoxy) is 1. The number of carbonyl (C=O) groups is 2. The van der Waals surface area contributed by atoms with Crippen molar-refractivity contribution in [2.45, 2.75) is 59.2 Å². The van der Waals surface area contributed by atoms with E-state index in [1.165, 1.54) is 0 Å². The van der Waals surface area contributed by atoms with Crippen LogP contribution in [0.15, 0.2) is 9.68 Å². The second kappa shape index (κ2) is 7.02. The summed E-state index contributed by atoms with van der Waals surface area (Å²) in [4.78, 5) is 29.0. The van der Waals surface area contributed by atoms with Crippen LogP contribution >= 0.6 is 0 Å². The average molecular weight is 337 g/mol. The first-order valence-corrected chi connectivity index (χ1v) is 7.83. The Bertz CT molecular complexity index is 638. The number of hydrogen-bond acceptors (Lipinski definition) is 7. The molecule has 1 amide bonds. The topological polar surface area (TPSA) is 103 Å². The standard InChI is InChI=1S/C16H23N3O5/c1-9-11(10(2)23-18-9)6-7-17-14(20)13-8-12(19-24-13)15(21)22-16(3,4)5/h13H,6-8H2,1-5H3,(H,17,20)/t13-/m0/s1. The lowest BCUT2D eigenvalue weighted by molar-refractivity contribution is -0.146. The van der Waals surface area contributed by atoms with E-state index in [0.29, 0.717) is 13.0 Å². The van der Waals surface area contributed by atoms with E-state index in [2.05, 4.69) is 15.6 Å². The van der Waals surface area contributed by atoms with Gasteiger partial charge in [0.2, 0.25) is 6.10 Å². The van der Waals surface area contributed by atoms with E-state index in [-0.39, 0.29) is 18.0 Å². The molecule has 8 heteroatoms. The molecule has 1 N–H and O–H groups in total. The summed E-state index contributed by atoms with van der Waals surface area (Å²) in [6.07, 6.45) is -0.0944. The molecule has 0 aliphatic carbocycles. The molecule has 8 nitrogen and oxygen atoms in total. The average Bonchev–Trinajstić information content (AvgIpc) is 3.07. The predicted molar refractivity (Wildman–Crippen MR) is 85.5 cm³/mol. The summed E-state index contributed by atoms with van der Waals surface area (Å²) in [7, 11) is 0. The summed E-state index contributed by atoms with van der Waals surface area (Å²) in [5.41, 5.74) is 1.30. The Balaban J connectivity index is 1.78. The van der Waals surface area contributed by atoms with E-state index in [4.69, 9.17) is 14.1 Å². The maximum atomic E-state index is 12.1. The molecule has 2 heterocycles. The summed E-state index contributed by atoms with van der Waals surface area (Å²) >= 11 is 0. The van der Waals surface area contributed by atoms with Crippen LogP contribution in [0.1, 0.15) is 44.2 Å². The molecule has 2 rings (SSSR count). The van der Waals surface area contributed by atoms with Crippen molar-refractivity contribution < 1.29 is 23.7 Å². The Morgan fingerprint density at radius 1 is 1.33 bits per heavy atom. The molecule has 1 aromatic rings. The van der Waals surface area contributed by atoms with Crippen LogP contribution in [0.2, 0.25) is 0 Å². The number of aromatic nitrogens is 1. The zero-order chi connectivity index (χ0) is 17.9. The van der Waals surface area contributed by atoms with Crippen molar-refractivity contribution in [1.29, 1.82) is 0 Å². The molecule has 24 heavy (non-hydrogen) atoms. The molecule has 0 saturated carbocycles. The van der Waals surface area contributed by atoms with Gasteiger partial charge in [0, 0.05) is 18.5 Å². The Kier molecular flexibility index (Phi) is 5.26. The molecule has 0 bridgehead atoms. The Morgan fingerprint density at radius 2 is 2.04 bits per heavy atom. The van der Waals surface area contributed by atoms with Gasteiger partial charge in [0.05, 0.1) is 5.69 Å². The zero-order valence-electron chi connectivity index (χ0n) is 14.6. The fourth-order valence-electron chi connectivity index (χ4n) is 2.26. The number of aryl methyl sites for hydroxylation is 2. The predicted octanol–water partition coefficient (Wildman–Crippen LogP) is 1.44. The maximum absolute atomic E-state index is 12.1. The molecular weight excluding hydrogens is 314 g/mol. The largest absolute Gasteiger partial charge is 0.455 e. The highest BCUT2D eigenvalue weighted by Gasteiger charge is 2.33. The minimum Gasteiger partial charge on any atom is -0.455 e. The lowest BCUT2D eigenvalue weighted by Crippen LogP contribution is -2.37. The Hall–Kier alpha value is -2.38. The van der Waals surface area contributed by atoms with Crippen LogP contribution in [0, 0.1) is 13.8 Å². The molecule has 1 aliphatic rings. The number of hydrogen-bond donors (Lipinski definition) is 1. The lowest BCUT2D eigenvalue weighted by atomic mass is 10.1. The number of nitrogens with zero attached hydrogens (tertiary/aromatic N) is 2. The molecule has 0 spiro atoms. The highest BCUT2D eigenvalue weighted by Crippen LogP contribution is 2.16. The summed E-state index contributed by atoms with van der Waals surface area (Å²) in [6, 6.07) is 0.